The average molecular weight is 410 g/mol. The number of ether oxygens (including phenoxy) is 1. The lowest BCUT2D eigenvalue weighted by Gasteiger charge is -2.08. The molecule has 1 N–H and O–H groups in total. The lowest BCUT2D eigenvalue weighted by atomic mass is 10.1. The Morgan fingerprint density at radius 3 is 2.68 bits per heavy atom. The van der Waals surface area contributed by atoms with Crippen LogP contribution in [0.4, 0.5) is 5.69 Å². The number of pyridine rings is 1. The average Bonchev–Trinajstić information content (AvgIpc) is 2.72. The summed E-state index contributed by atoms with van der Waals surface area (Å²) < 4.78 is 5.17. The molecule has 0 aliphatic rings. The van der Waals surface area contributed by atoms with E-state index in [-0.39, 0.29) is 11.7 Å². The van der Waals surface area contributed by atoms with Crippen molar-refractivity contribution in [2.24, 2.45) is 0 Å². The van der Waals surface area contributed by atoms with E-state index in [9.17, 15) is 10.1 Å². The zero-order valence-electron chi connectivity index (χ0n) is 15.0. The van der Waals surface area contributed by atoms with Crippen molar-refractivity contribution in [1.82, 2.24) is 4.98 Å². The number of benzene rings is 2. The molecule has 0 bridgehead atoms. The van der Waals surface area contributed by atoms with E-state index in [1.807, 2.05) is 24.3 Å². The fourth-order valence-electron chi connectivity index (χ4n) is 2.46. The predicted octanol–water partition coefficient (Wildman–Crippen LogP) is 5.01. The normalized spacial score (nSPS) is 10.2. The van der Waals surface area contributed by atoms with Gasteiger partial charge in [-0.15, -0.1) is 0 Å². The molecular formula is C21H16ClN3O2S. The Morgan fingerprint density at radius 2 is 2.00 bits per heavy atom. The second kappa shape index (κ2) is 9.27. The number of amides is 1. The molecule has 0 aliphatic carbocycles. The summed E-state index contributed by atoms with van der Waals surface area (Å²) in [6, 6.07) is 20.0. The number of thioether (sulfide) groups is 1. The Labute approximate surface area is 172 Å². The number of nitrogens with zero attached hydrogens (tertiary/aromatic N) is 2. The van der Waals surface area contributed by atoms with Crippen LogP contribution in [-0.4, -0.2) is 23.8 Å². The van der Waals surface area contributed by atoms with Crippen molar-refractivity contribution < 1.29 is 9.53 Å². The molecule has 0 atom stereocenters. The summed E-state index contributed by atoms with van der Waals surface area (Å²) >= 11 is 7.14. The lowest BCUT2D eigenvalue weighted by Crippen LogP contribution is -2.14. The summed E-state index contributed by atoms with van der Waals surface area (Å²) in [6.45, 7) is 0. The maximum atomic E-state index is 12.2. The van der Waals surface area contributed by atoms with Gasteiger partial charge in [0.1, 0.15) is 16.8 Å². The van der Waals surface area contributed by atoms with Gasteiger partial charge in [0, 0.05) is 16.3 Å². The van der Waals surface area contributed by atoms with Crippen molar-refractivity contribution in [3.63, 3.8) is 0 Å². The van der Waals surface area contributed by atoms with E-state index in [1.54, 1.807) is 43.5 Å². The van der Waals surface area contributed by atoms with E-state index in [1.165, 1.54) is 11.8 Å². The minimum absolute atomic E-state index is 0.125. The molecule has 140 valence electrons. The number of rotatable bonds is 6. The van der Waals surface area contributed by atoms with Crippen LogP contribution in [0.1, 0.15) is 5.56 Å². The maximum absolute atomic E-state index is 12.2. The topological polar surface area (TPSA) is 75.0 Å². The smallest absolute Gasteiger partial charge is 0.234 e. The zero-order valence-corrected chi connectivity index (χ0v) is 16.6. The van der Waals surface area contributed by atoms with Gasteiger partial charge in [-0.25, -0.2) is 4.98 Å². The summed E-state index contributed by atoms with van der Waals surface area (Å²) in [5.74, 6) is 0.678. The number of nitriles is 1. The van der Waals surface area contributed by atoms with E-state index >= 15 is 0 Å². The minimum Gasteiger partial charge on any atom is -0.497 e. The third-order valence-corrected chi connectivity index (χ3v) is 5.04. The van der Waals surface area contributed by atoms with E-state index < -0.39 is 0 Å². The fourth-order valence-corrected chi connectivity index (χ4v) is 3.42. The van der Waals surface area contributed by atoms with Gasteiger partial charge in [-0.05, 0) is 54.6 Å². The van der Waals surface area contributed by atoms with Gasteiger partial charge in [0.25, 0.3) is 0 Å². The first kappa shape index (κ1) is 19.7. The largest absolute Gasteiger partial charge is 0.497 e. The number of carbonyl (C=O) groups is 1. The highest BCUT2D eigenvalue weighted by Gasteiger charge is 2.11. The van der Waals surface area contributed by atoms with Gasteiger partial charge in [-0.3, -0.25) is 4.79 Å². The summed E-state index contributed by atoms with van der Waals surface area (Å²) in [4.78, 5) is 16.8. The summed E-state index contributed by atoms with van der Waals surface area (Å²) in [7, 11) is 1.61. The highest BCUT2D eigenvalue weighted by atomic mass is 35.5. The van der Waals surface area contributed by atoms with Crippen molar-refractivity contribution in [3.05, 3.63) is 71.2 Å². The molecule has 1 heterocycles. The fraction of sp³-hybridized carbons (Fsp3) is 0.0952. The first-order valence-corrected chi connectivity index (χ1v) is 9.69. The number of aromatic nitrogens is 1. The van der Waals surface area contributed by atoms with Crippen molar-refractivity contribution >= 4 is 35.0 Å². The van der Waals surface area contributed by atoms with Crippen LogP contribution in [0.3, 0.4) is 0 Å². The van der Waals surface area contributed by atoms with Crippen LogP contribution in [0, 0.1) is 11.3 Å². The molecule has 0 fully saturated rings. The summed E-state index contributed by atoms with van der Waals surface area (Å²) in [6.07, 6.45) is 0. The standard InChI is InChI=1S/C21H16ClN3O2S/c1-27-18-8-5-14(6-9-18)19-10-7-15(12-23)21(25-19)28-13-20(26)24-17-4-2-3-16(22)11-17/h2-11H,13H2,1H3,(H,24,26). The monoisotopic (exact) mass is 409 g/mol. The van der Waals surface area contributed by atoms with Crippen LogP contribution in [-0.2, 0) is 4.79 Å². The molecule has 0 saturated heterocycles. The van der Waals surface area contributed by atoms with Gasteiger partial charge in [-0.2, -0.15) is 5.26 Å². The molecule has 3 aromatic rings. The number of anilines is 1. The number of carbonyl (C=O) groups excluding carboxylic acids is 1. The summed E-state index contributed by atoms with van der Waals surface area (Å²) in [5.41, 5.74) is 2.67. The van der Waals surface area contributed by atoms with Gasteiger partial charge in [-0.1, -0.05) is 29.4 Å². The van der Waals surface area contributed by atoms with Gasteiger partial charge < -0.3 is 10.1 Å². The van der Waals surface area contributed by atoms with Crippen LogP contribution >= 0.6 is 23.4 Å². The van der Waals surface area contributed by atoms with Crippen LogP contribution in [0.25, 0.3) is 11.3 Å². The molecule has 0 spiro atoms. The van der Waals surface area contributed by atoms with Gasteiger partial charge in [0.2, 0.25) is 5.91 Å². The molecule has 5 nitrogen and oxygen atoms in total. The zero-order chi connectivity index (χ0) is 19.9. The van der Waals surface area contributed by atoms with E-state index in [0.29, 0.717) is 21.3 Å². The minimum atomic E-state index is -0.201. The highest BCUT2D eigenvalue weighted by molar-refractivity contribution is 8.00. The molecule has 2 aromatic carbocycles. The van der Waals surface area contributed by atoms with Crippen molar-refractivity contribution in [3.8, 4) is 23.1 Å². The maximum Gasteiger partial charge on any atom is 0.234 e. The molecule has 0 saturated carbocycles. The van der Waals surface area contributed by atoms with Crippen LogP contribution in [0.15, 0.2) is 65.7 Å². The third kappa shape index (κ3) is 5.03. The second-order valence-electron chi connectivity index (χ2n) is 5.74. The van der Waals surface area contributed by atoms with Gasteiger partial charge >= 0.3 is 0 Å². The van der Waals surface area contributed by atoms with Gasteiger partial charge in [0.15, 0.2) is 0 Å². The summed E-state index contributed by atoms with van der Waals surface area (Å²) in [5, 5.41) is 13.2. The van der Waals surface area contributed by atoms with Crippen molar-refractivity contribution in [2.75, 3.05) is 18.2 Å². The number of methoxy groups -OCH3 is 1. The molecule has 3 rings (SSSR count). The Hall–Kier alpha value is -3.01. The van der Waals surface area contributed by atoms with Crippen LogP contribution in [0.2, 0.25) is 5.02 Å². The molecule has 1 aromatic heterocycles. The molecule has 0 unspecified atom stereocenters. The highest BCUT2D eigenvalue weighted by Crippen LogP contribution is 2.26. The van der Waals surface area contributed by atoms with Crippen molar-refractivity contribution in [2.45, 2.75) is 5.03 Å². The molecule has 0 aliphatic heterocycles. The first-order chi connectivity index (χ1) is 13.6. The number of halogens is 1. The predicted molar refractivity (Wildman–Crippen MR) is 112 cm³/mol. The van der Waals surface area contributed by atoms with Crippen molar-refractivity contribution in [1.29, 1.82) is 5.26 Å². The third-order valence-electron chi connectivity index (χ3n) is 3.81. The lowest BCUT2D eigenvalue weighted by molar-refractivity contribution is -0.113. The molecule has 7 heteroatoms. The number of hydrogen-bond donors (Lipinski definition) is 1. The van der Waals surface area contributed by atoms with E-state index in [2.05, 4.69) is 16.4 Å². The van der Waals surface area contributed by atoms with Gasteiger partial charge in [0.05, 0.1) is 24.1 Å². The molecule has 1 amide bonds. The van der Waals surface area contributed by atoms with Crippen LogP contribution < -0.4 is 10.1 Å². The molecule has 0 radical (unpaired) electrons. The number of nitrogens with one attached hydrogen (secondary N) is 1. The number of hydrogen-bond acceptors (Lipinski definition) is 5. The van der Waals surface area contributed by atoms with Crippen LogP contribution in [0.5, 0.6) is 5.75 Å². The van der Waals surface area contributed by atoms with E-state index in [4.69, 9.17) is 16.3 Å². The molecular weight excluding hydrogens is 394 g/mol. The molecule has 28 heavy (non-hydrogen) atoms. The van der Waals surface area contributed by atoms with E-state index in [0.717, 1.165) is 17.0 Å². The Balaban J connectivity index is 1.73. The first-order valence-electron chi connectivity index (χ1n) is 8.33. The second-order valence-corrected chi connectivity index (χ2v) is 7.14. The quantitative estimate of drug-likeness (QED) is 0.579. The Morgan fingerprint density at radius 1 is 1.21 bits per heavy atom. The SMILES string of the molecule is COc1ccc(-c2ccc(C#N)c(SCC(=O)Nc3cccc(Cl)c3)n2)cc1. The Kier molecular flexibility index (Phi) is 6.53. The Bertz CT molecular complexity index is 1030.